The Balaban J connectivity index is 1.73. The van der Waals surface area contributed by atoms with Crippen LogP contribution in [-0.2, 0) is 18.3 Å². The summed E-state index contributed by atoms with van der Waals surface area (Å²) in [6.07, 6.45) is 5.14. The third-order valence-corrected chi connectivity index (χ3v) is 3.67. The lowest BCUT2D eigenvalue weighted by Crippen LogP contribution is -2.02. The summed E-state index contributed by atoms with van der Waals surface area (Å²) in [7, 11) is 1.89. The topological polar surface area (TPSA) is 34.9 Å². The lowest BCUT2D eigenvalue weighted by molar-refractivity contribution is -0.116. The molecule has 0 fully saturated rings. The van der Waals surface area contributed by atoms with E-state index >= 15 is 0 Å². The van der Waals surface area contributed by atoms with E-state index in [1.165, 1.54) is 0 Å². The zero-order chi connectivity index (χ0) is 12.8. The fourth-order valence-electron chi connectivity index (χ4n) is 1.64. The molecular formula is C14H16N2OS. The van der Waals surface area contributed by atoms with Gasteiger partial charge >= 0.3 is 0 Å². The van der Waals surface area contributed by atoms with E-state index in [4.69, 9.17) is 0 Å². The predicted molar refractivity (Wildman–Crippen MR) is 73.7 cm³/mol. The summed E-state index contributed by atoms with van der Waals surface area (Å²) in [5.41, 5.74) is 1.12. The highest BCUT2D eigenvalue weighted by Gasteiger charge is 2.05. The van der Waals surface area contributed by atoms with E-state index in [9.17, 15) is 4.79 Å². The number of carbonyl (C=O) groups is 1. The molecule has 4 heteroatoms. The van der Waals surface area contributed by atoms with Gasteiger partial charge in [0.05, 0.1) is 11.9 Å². The minimum Gasteiger partial charge on any atom is -0.299 e. The molecule has 0 bridgehead atoms. The highest BCUT2D eigenvalue weighted by molar-refractivity contribution is 8.00. The normalized spacial score (nSPS) is 10.5. The first-order chi connectivity index (χ1) is 8.74. The summed E-state index contributed by atoms with van der Waals surface area (Å²) >= 11 is 1.60. The fourth-order valence-corrected chi connectivity index (χ4v) is 2.46. The van der Waals surface area contributed by atoms with Crippen molar-refractivity contribution in [2.75, 3.05) is 5.75 Å². The Morgan fingerprint density at radius 3 is 2.78 bits per heavy atom. The van der Waals surface area contributed by atoms with Crippen molar-refractivity contribution < 1.29 is 4.79 Å². The van der Waals surface area contributed by atoms with Gasteiger partial charge in [-0.1, -0.05) is 18.2 Å². The van der Waals surface area contributed by atoms with Crippen LogP contribution in [0.2, 0.25) is 0 Å². The summed E-state index contributed by atoms with van der Waals surface area (Å²) in [5, 5.41) is 4.09. The zero-order valence-electron chi connectivity index (χ0n) is 10.4. The SMILES string of the molecule is Cn1cc(CCC(=O)CSc2ccccc2)cn1. The molecule has 1 heterocycles. The Hall–Kier alpha value is -1.55. The molecule has 0 amide bonds. The van der Waals surface area contributed by atoms with Crippen molar-refractivity contribution in [2.45, 2.75) is 17.7 Å². The van der Waals surface area contributed by atoms with Crippen LogP contribution in [0.1, 0.15) is 12.0 Å². The molecule has 1 aromatic heterocycles. The third-order valence-electron chi connectivity index (χ3n) is 2.59. The van der Waals surface area contributed by atoms with Crippen molar-refractivity contribution in [2.24, 2.45) is 7.05 Å². The predicted octanol–water partition coefficient (Wildman–Crippen LogP) is 2.71. The highest BCUT2D eigenvalue weighted by Crippen LogP contribution is 2.17. The van der Waals surface area contributed by atoms with E-state index < -0.39 is 0 Å². The zero-order valence-corrected chi connectivity index (χ0v) is 11.2. The number of thioether (sulfide) groups is 1. The van der Waals surface area contributed by atoms with Crippen molar-refractivity contribution >= 4 is 17.5 Å². The number of rotatable bonds is 6. The Bertz CT molecular complexity index is 508. The van der Waals surface area contributed by atoms with E-state index in [0.29, 0.717) is 12.2 Å². The maximum atomic E-state index is 11.7. The average Bonchev–Trinajstić information content (AvgIpc) is 2.81. The van der Waals surface area contributed by atoms with Crippen LogP contribution >= 0.6 is 11.8 Å². The van der Waals surface area contributed by atoms with Crippen LogP contribution in [0.4, 0.5) is 0 Å². The molecule has 0 spiro atoms. The molecule has 0 aliphatic rings. The molecule has 0 radical (unpaired) electrons. The van der Waals surface area contributed by atoms with Gasteiger partial charge < -0.3 is 0 Å². The van der Waals surface area contributed by atoms with E-state index in [1.54, 1.807) is 16.4 Å². The Morgan fingerprint density at radius 1 is 1.33 bits per heavy atom. The molecule has 0 aliphatic carbocycles. The Morgan fingerprint density at radius 2 is 2.11 bits per heavy atom. The standard InChI is InChI=1S/C14H16N2OS/c1-16-10-12(9-15-16)7-8-13(17)11-18-14-5-3-2-4-6-14/h2-6,9-10H,7-8,11H2,1H3. The highest BCUT2D eigenvalue weighted by atomic mass is 32.2. The number of hydrogen-bond acceptors (Lipinski definition) is 3. The lowest BCUT2D eigenvalue weighted by Gasteiger charge is -2.00. The number of aromatic nitrogens is 2. The van der Waals surface area contributed by atoms with Gasteiger partial charge in [0.25, 0.3) is 0 Å². The van der Waals surface area contributed by atoms with Crippen molar-refractivity contribution in [1.29, 1.82) is 0 Å². The number of nitrogens with zero attached hydrogens (tertiary/aromatic N) is 2. The van der Waals surface area contributed by atoms with Crippen LogP contribution < -0.4 is 0 Å². The third kappa shape index (κ3) is 4.04. The van der Waals surface area contributed by atoms with Crippen LogP contribution in [0.25, 0.3) is 0 Å². The first kappa shape index (κ1) is 12.9. The molecule has 0 aliphatic heterocycles. The fraction of sp³-hybridized carbons (Fsp3) is 0.286. The van der Waals surface area contributed by atoms with Crippen molar-refractivity contribution in [3.8, 4) is 0 Å². The van der Waals surface area contributed by atoms with Gasteiger partial charge in [0, 0.05) is 24.6 Å². The van der Waals surface area contributed by atoms with E-state index in [-0.39, 0.29) is 5.78 Å². The second-order valence-corrected chi connectivity index (χ2v) is 5.21. The van der Waals surface area contributed by atoms with Crippen molar-refractivity contribution in [3.63, 3.8) is 0 Å². The molecule has 1 aromatic carbocycles. The first-order valence-electron chi connectivity index (χ1n) is 5.91. The number of aryl methyl sites for hydroxylation is 2. The molecule has 0 unspecified atom stereocenters. The molecule has 2 rings (SSSR count). The van der Waals surface area contributed by atoms with Crippen LogP contribution in [0, 0.1) is 0 Å². The van der Waals surface area contributed by atoms with Crippen molar-refractivity contribution in [3.05, 3.63) is 48.3 Å². The summed E-state index contributed by atoms with van der Waals surface area (Å²) in [5.74, 6) is 0.831. The number of ketones is 1. The van der Waals surface area contributed by atoms with E-state index in [0.717, 1.165) is 16.9 Å². The van der Waals surface area contributed by atoms with Gasteiger partial charge in [-0.05, 0) is 24.1 Å². The minimum absolute atomic E-state index is 0.285. The van der Waals surface area contributed by atoms with Crippen LogP contribution in [-0.4, -0.2) is 21.3 Å². The number of benzene rings is 1. The molecule has 94 valence electrons. The molecule has 0 atom stereocenters. The van der Waals surface area contributed by atoms with Crippen LogP contribution in [0.3, 0.4) is 0 Å². The van der Waals surface area contributed by atoms with Crippen LogP contribution in [0.5, 0.6) is 0 Å². The quantitative estimate of drug-likeness (QED) is 0.749. The molecule has 0 saturated carbocycles. The van der Waals surface area contributed by atoms with Crippen LogP contribution in [0.15, 0.2) is 47.6 Å². The van der Waals surface area contributed by atoms with Gasteiger partial charge in [-0.2, -0.15) is 5.10 Å². The second kappa shape index (κ2) is 6.40. The molecule has 18 heavy (non-hydrogen) atoms. The van der Waals surface area contributed by atoms with Crippen molar-refractivity contribution in [1.82, 2.24) is 9.78 Å². The Labute approximate surface area is 111 Å². The number of Topliss-reactive ketones (excluding diaryl/α,β-unsaturated/α-hetero) is 1. The summed E-state index contributed by atoms with van der Waals surface area (Å²) in [6.45, 7) is 0. The summed E-state index contributed by atoms with van der Waals surface area (Å²) in [6, 6.07) is 10.0. The molecule has 0 N–H and O–H groups in total. The summed E-state index contributed by atoms with van der Waals surface area (Å²) in [4.78, 5) is 12.9. The maximum absolute atomic E-state index is 11.7. The molecule has 0 saturated heterocycles. The van der Waals surface area contributed by atoms with E-state index in [1.807, 2.05) is 49.8 Å². The van der Waals surface area contributed by atoms with Gasteiger partial charge in [-0.3, -0.25) is 9.48 Å². The van der Waals surface area contributed by atoms with Gasteiger partial charge in [-0.25, -0.2) is 0 Å². The lowest BCUT2D eigenvalue weighted by atomic mass is 10.1. The van der Waals surface area contributed by atoms with Gasteiger partial charge in [0.15, 0.2) is 0 Å². The number of hydrogen-bond donors (Lipinski definition) is 0. The largest absolute Gasteiger partial charge is 0.299 e. The van der Waals surface area contributed by atoms with E-state index in [2.05, 4.69) is 5.10 Å². The molecule has 2 aromatic rings. The van der Waals surface area contributed by atoms with Gasteiger partial charge in [-0.15, -0.1) is 11.8 Å². The second-order valence-electron chi connectivity index (χ2n) is 4.16. The average molecular weight is 260 g/mol. The molecular weight excluding hydrogens is 244 g/mol. The first-order valence-corrected chi connectivity index (χ1v) is 6.89. The maximum Gasteiger partial charge on any atom is 0.143 e. The molecule has 3 nitrogen and oxygen atoms in total. The Kier molecular flexibility index (Phi) is 4.59. The number of carbonyl (C=O) groups excluding carboxylic acids is 1. The monoisotopic (exact) mass is 260 g/mol. The van der Waals surface area contributed by atoms with Gasteiger partial charge in [0.2, 0.25) is 0 Å². The van der Waals surface area contributed by atoms with Gasteiger partial charge in [0.1, 0.15) is 5.78 Å². The summed E-state index contributed by atoms with van der Waals surface area (Å²) < 4.78 is 1.76. The smallest absolute Gasteiger partial charge is 0.143 e. The minimum atomic E-state index is 0.285.